The van der Waals surface area contributed by atoms with Crippen LogP contribution in [0.1, 0.15) is 22.7 Å². The monoisotopic (exact) mass is 258 g/mol. The van der Waals surface area contributed by atoms with E-state index in [0.29, 0.717) is 11.3 Å². The molecule has 3 rings (SSSR count). The van der Waals surface area contributed by atoms with E-state index in [1.54, 1.807) is 24.3 Å². The molecule has 3 N–H and O–H groups in total. The molecule has 1 aliphatic heterocycles. The smallest absolute Gasteiger partial charge is 0.323 e. The number of nitrogens with zero attached hydrogens (tertiary/aromatic N) is 1. The van der Waals surface area contributed by atoms with E-state index in [2.05, 4.69) is 0 Å². The third-order valence-electron chi connectivity index (χ3n) is 3.12. The summed E-state index contributed by atoms with van der Waals surface area (Å²) in [6.45, 7) is 0. The maximum absolute atomic E-state index is 12.0. The van der Waals surface area contributed by atoms with Crippen molar-refractivity contribution in [2.45, 2.75) is 12.5 Å². The number of rotatable bonds is 0. The molecule has 0 saturated heterocycles. The third kappa shape index (κ3) is 1.86. The van der Waals surface area contributed by atoms with Crippen molar-refractivity contribution in [3.8, 4) is 0 Å². The molecule has 0 fully saturated rings. The summed E-state index contributed by atoms with van der Waals surface area (Å²) in [7, 11) is 0. The van der Waals surface area contributed by atoms with Crippen molar-refractivity contribution in [1.29, 1.82) is 0 Å². The summed E-state index contributed by atoms with van der Waals surface area (Å²) >= 11 is 0. The van der Waals surface area contributed by atoms with Crippen LogP contribution in [0.15, 0.2) is 48.4 Å². The Hall–Kier alpha value is -2.33. The minimum atomic E-state index is -1.01. The molecular formula is C15H14N2O2. The molecule has 0 unspecified atom stereocenters. The maximum atomic E-state index is 12.0. The van der Waals surface area contributed by atoms with E-state index in [0.717, 1.165) is 4.90 Å². The van der Waals surface area contributed by atoms with Crippen LogP contribution in [0.5, 0.6) is 0 Å². The maximum Gasteiger partial charge on any atom is 0.323 e. The average Bonchev–Trinajstić information content (AvgIpc) is 2.66. The molecule has 0 aliphatic carbocycles. The van der Waals surface area contributed by atoms with Crippen LogP contribution in [0, 0.1) is 0 Å². The van der Waals surface area contributed by atoms with Crippen molar-refractivity contribution in [2.24, 2.45) is 5.73 Å². The van der Waals surface area contributed by atoms with Crippen LogP contribution < -0.4 is 10.6 Å². The standard InChI is InChI=1S/C15H14N2O2/c16-15(19)17-12-7-3-1-5-10(12)9-14(18)11-6-2-4-8-13(11)17/h1-8,14,18H,9H2,(H2,16,19)/t14-/m0/s1/i1D,3D,5D,7D. The van der Waals surface area contributed by atoms with Gasteiger partial charge < -0.3 is 10.8 Å². The Balaban J connectivity index is 2.43. The van der Waals surface area contributed by atoms with Gasteiger partial charge in [-0.2, -0.15) is 0 Å². The molecule has 0 aromatic heterocycles. The van der Waals surface area contributed by atoms with E-state index in [1.807, 2.05) is 0 Å². The Bertz CT molecular complexity index is 826. The fourth-order valence-electron chi connectivity index (χ4n) is 2.30. The van der Waals surface area contributed by atoms with E-state index in [4.69, 9.17) is 11.2 Å². The lowest BCUT2D eigenvalue weighted by Gasteiger charge is -2.22. The second-order valence-electron chi connectivity index (χ2n) is 4.28. The van der Waals surface area contributed by atoms with E-state index in [1.165, 1.54) is 0 Å². The quantitative estimate of drug-likeness (QED) is 0.762. The van der Waals surface area contributed by atoms with E-state index in [-0.39, 0.29) is 29.8 Å². The lowest BCUT2D eigenvalue weighted by molar-refractivity contribution is 0.180. The number of benzene rings is 2. The normalized spacial score (nSPS) is 20.3. The lowest BCUT2D eigenvalue weighted by atomic mass is 10.0. The number of urea groups is 1. The molecule has 4 nitrogen and oxygen atoms in total. The predicted molar refractivity (Wildman–Crippen MR) is 73.3 cm³/mol. The van der Waals surface area contributed by atoms with Crippen molar-refractivity contribution in [3.05, 3.63) is 59.6 Å². The van der Waals surface area contributed by atoms with Crippen molar-refractivity contribution in [1.82, 2.24) is 0 Å². The van der Waals surface area contributed by atoms with Crippen molar-refractivity contribution < 1.29 is 15.4 Å². The van der Waals surface area contributed by atoms with Crippen LogP contribution in [0.3, 0.4) is 0 Å². The first-order chi connectivity index (χ1) is 10.8. The largest absolute Gasteiger partial charge is 0.388 e. The molecule has 96 valence electrons. The van der Waals surface area contributed by atoms with Gasteiger partial charge in [0.1, 0.15) is 0 Å². The molecule has 1 heterocycles. The van der Waals surface area contributed by atoms with Gasteiger partial charge in [-0.3, -0.25) is 4.90 Å². The molecule has 4 heteroatoms. The van der Waals surface area contributed by atoms with Crippen LogP contribution in [0.4, 0.5) is 16.2 Å². The number of amides is 2. The summed E-state index contributed by atoms with van der Waals surface area (Å²) in [5, 5.41) is 10.4. The van der Waals surface area contributed by atoms with Crippen molar-refractivity contribution in [2.75, 3.05) is 4.90 Å². The first-order valence-electron chi connectivity index (χ1n) is 7.80. The molecule has 0 bridgehead atoms. The number of fused-ring (bicyclic) bond motifs is 2. The van der Waals surface area contributed by atoms with Crippen LogP contribution in [0.25, 0.3) is 0 Å². The number of carbonyl (C=O) groups excluding carboxylic acids is 1. The predicted octanol–water partition coefficient (Wildman–Crippen LogP) is 2.49. The minimum absolute atomic E-state index is 0.00694. The first-order valence-corrected chi connectivity index (χ1v) is 5.80. The Kier molecular flexibility index (Phi) is 1.85. The molecule has 2 amide bonds. The molecule has 1 atom stereocenters. The molecule has 0 saturated carbocycles. The highest BCUT2D eigenvalue weighted by molar-refractivity contribution is 6.00. The van der Waals surface area contributed by atoms with E-state index >= 15 is 0 Å². The highest BCUT2D eigenvalue weighted by Crippen LogP contribution is 2.39. The Morgan fingerprint density at radius 3 is 2.84 bits per heavy atom. The lowest BCUT2D eigenvalue weighted by Crippen LogP contribution is -2.32. The average molecular weight is 258 g/mol. The first kappa shape index (κ1) is 7.96. The van der Waals surface area contributed by atoms with Crippen molar-refractivity contribution in [3.63, 3.8) is 0 Å². The van der Waals surface area contributed by atoms with Gasteiger partial charge in [0.2, 0.25) is 0 Å². The van der Waals surface area contributed by atoms with Crippen LogP contribution in [-0.2, 0) is 6.42 Å². The molecule has 19 heavy (non-hydrogen) atoms. The van der Waals surface area contributed by atoms with Gasteiger partial charge in [0.25, 0.3) is 0 Å². The summed E-state index contributed by atoms with van der Waals surface area (Å²) in [5.74, 6) is 0. The molecule has 0 spiro atoms. The number of primary amides is 1. The van der Waals surface area contributed by atoms with Gasteiger partial charge in [-0.15, -0.1) is 0 Å². The second-order valence-corrected chi connectivity index (χ2v) is 4.28. The van der Waals surface area contributed by atoms with Crippen molar-refractivity contribution >= 4 is 17.4 Å². The number of nitrogens with two attached hydrogens (primary N) is 1. The zero-order chi connectivity index (χ0) is 16.9. The second kappa shape index (κ2) is 4.40. The molecule has 0 radical (unpaired) electrons. The van der Waals surface area contributed by atoms with Gasteiger partial charge in [0, 0.05) is 12.0 Å². The summed E-state index contributed by atoms with van der Waals surface area (Å²) < 4.78 is 31.8. The minimum Gasteiger partial charge on any atom is -0.388 e. The topological polar surface area (TPSA) is 66.6 Å². The molecule has 2 aromatic carbocycles. The number of hydrogen-bond acceptors (Lipinski definition) is 2. The van der Waals surface area contributed by atoms with Crippen LogP contribution in [0.2, 0.25) is 0 Å². The number of anilines is 2. The zero-order valence-electron chi connectivity index (χ0n) is 14.0. The van der Waals surface area contributed by atoms with Gasteiger partial charge in [0.15, 0.2) is 0 Å². The molecule has 1 aliphatic rings. The van der Waals surface area contributed by atoms with Crippen LogP contribution >= 0.6 is 0 Å². The van der Waals surface area contributed by atoms with Gasteiger partial charge in [0.05, 0.1) is 23.0 Å². The molecular weight excluding hydrogens is 240 g/mol. The van der Waals surface area contributed by atoms with E-state index in [9.17, 15) is 9.90 Å². The SMILES string of the molecule is [2H]c1c([2H])c([2H])c2c(c1[2H])C[C@H](O)c1ccccc1N2C(N)=O. The van der Waals surface area contributed by atoms with E-state index < -0.39 is 24.2 Å². The van der Waals surface area contributed by atoms with Gasteiger partial charge in [-0.1, -0.05) is 36.3 Å². The molecule has 2 aromatic rings. The third-order valence-corrected chi connectivity index (χ3v) is 3.12. The Labute approximate surface area is 116 Å². The fourth-order valence-corrected chi connectivity index (χ4v) is 2.30. The number of aliphatic hydroxyl groups is 1. The highest BCUT2D eigenvalue weighted by atomic mass is 16.3. The van der Waals surface area contributed by atoms with Gasteiger partial charge in [-0.05, 0) is 17.7 Å². The summed E-state index contributed by atoms with van der Waals surface area (Å²) in [4.78, 5) is 13.1. The summed E-state index contributed by atoms with van der Waals surface area (Å²) in [6, 6.07) is 4.22. The van der Waals surface area contributed by atoms with Gasteiger partial charge >= 0.3 is 6.03 Å². The van der Waals surface area contributed by atoms with Gasteiger partial charge in [-0.25, -0.2) is 4.79 Å². The number of para-hydroxylation sites is 2. The number of aliphatic hydroxyl groups excluding tert-OH is 1. The Morgan fingerprint density at radius 1 is 1.32 bits per heavy atom. The zero-order valence-corrected chi connectivity index (χ0v) is 9.97. The fraction of sp³-hybridized carbons (Fsp3) is 0.133. The Morgan fingerprint density at radius 2 is 2.05 bits per heavy atom. The summed E-state index contributed by atoms with van der Waals surface area (Å²) in [5.41, 5.74) is 6.39. The highest BCUT2D eigenvalue weighted by Gasteiger charge is 2.27. The number of hydrogen-bond donors (Lipinski definition) is 2. The van der Waals surface area contributed by atoms with Crippen LogP contribution in [-0.4, -0.2) is 11.1 Å². The number of carbonyl (C=O) groups is 1. The summed E-state index contributed by atoms with van der Waals surface area (Å²) in [6.07, 6.45) is -1.04.